The predicted molar refractivity (Wildman–Crippen MR) is 78.7 cm³/mol. The minimum atomic E-state index is -0.458. The van der Waals surface area contributed by atoms with Crippen molar-refractivity contribution in [3.63, 3.8) is 0 Å². The molecule has 0 fully saturated rings. The summed E-state index contributed by atoms with van der Waals surface area (Å²) in [6.45, 7) is 1.66. The van der Waals surface area contributed by atoms with Crippen LogP contribution in [0.15, 0.2) is 35.5 Å². The average molecular weight is 340 g/mol. The predicted octanol–water partition coefficient (Wildman–Crippen LogP) is 2.48. The Labute approximate surface area is 124 Å². The smallest absolute Gasteiger partial charge is 0.288 e. The summed E-state index contributed by atoms with van der Waals surface area (Å²) in [7, 11) is 1.91. The first-order valence-corrected chi connectivity index (χ1v) is 6.84. The maximum Gasteiger partial charge on any atom is 0.288 e. The van der Waals surface area contributed by atoms with Gasteiger partial charge in [0.15, 0.2) is 0 Å². The third-order valence-corrected chi connectivity index (χ3v) is 3.43. The summed E-state index contributed by atoms with van der Waals surface area (Å²) in [5.41, 5.74) is -0.0209. The van der Waals surface area contributed by atoms with E-state index < -0.39 is 4.92 Å². The van der Waals surface area contributed by atoms with Gasteiger partial charge >= 0.3 is 0 Å². The monoisotopic (exact) mass is 339 g/mol. The number of halogens is 1. The fraction of sp³-hybridized carbons (Fsp3) is 0.333. The van der Waals surface area contributed by atoms with Crippen LogP contribution in [0.2, 0.25) is 0 Å². The summed E-state index contributed by atoms with van der Waals surface area (Å²) in [6, 6.07) is 1.47. The van der Waals surface area contributed by atoms with Crippen molar-refractivity contribution in [2.75, 3.05) is 18.5 Å². The molecule has 20 heavy (non-hydrogen) atoms. The fourth-order valence-corrected chi connectivity index (χ4v) is 2.46. The number of hydrogen-bond donors (Lipinski definition) is 0. The average Bonchev–Trinajstić information content (AvgIpc) is 2.91. The molecule has 0 saturated carbocycles. The molecule has 0 aliphatic carbocycles. The molecule has 2 aromatic heterocycles. The Hall–Kier alpha value is -1.96. The molecular formula is C12H14BrN5O2. The summed E-state index contributed by atoms with van der Waals surface area (Å²) >= 11 is 3.32. The van der Waals surface area contributed by atoms with Crippen molar-refractivity contribution in [3.05, 3.63) is 45.6 Å². The normalized spacial score (nSPS) is 10.5. The van der Waals surface area contributed by atoms with Crippen LogP contribution in [0.5, 0.6) is 0 Å². The van der Waals surface area contributed by atoms with Gasteiger partial charge < -0.3 is 9.47 Å². The van der Waals surface area contributed by atoms with Gasteiger partial charge in [0.1, 0.15) is 12.0 Å². The number of imidazole rings is 1. The van der Waals surface area contributed by atoms with Gasteiger partial charge in [0.05, 0.1) is 15.7 Å². The van der Waals surface area contributed by atoms with Gasteiger partial charge in [0, 0.05) is 38.6 Å². The van der Waals surface area contributed by atoms with Crippen LogP contribution < -0.4 is 4.90 Å². The number of anilines is 1. The molecule has 0 aliphatic heterocycles. The molecule has 8 heteroatoms. The second kappa shape index (κ2) is 6.47. The third kappa shape index (κ3) is 3.53. The summed E-state index contributed by atoms with van der Waals surface area (Å²) in [4.78, 5) is 20.3. The fourth-order valence-electron chi connectivity index (χ4n) is 1.82. The van der Waals surface area contributed by atoms with E-state index in [4.69, 9.17) is 0 Å². The molecule has 0 aromatic carbocycles. The number of aryl methyl sites for hydroxylation is 1. The van der Waals surface area contributed by atoms with Crippen LogP contribution in [-0.4, -0.2) is 33.1 Å². The molecule has 0 atom stereocenters. The topological polar surface area (TPSA) is 77.1 Å². The molecule has 2 aromatic rings. The first kappa shape index (κ1) is 14.4. The van der Waals surface area contributed by atoms with Gasteiger partial charge in [-0.05, 0) is 22.4 Å². The molecule has 0 N–H and O–H groups in total. The molecule has 0 amide bonds. The molecule has 0 radical (unpaired) electrons. The Balaban J connectivity index is 1.95. The highest BCUT2D eigenvalue weighted by Gasteiger charge is 2.13. The number of pyridine rings is 1. The molecule has 0 aliphatic rings. The van der Waals surface area contributed by atoms with Crippen molar-refractivity contribution in [1.29, 1.82) is 0 Å². The van der Waals surface area contributed by atoms with Crippen molar-refractivity contribution in [3.8, 4) is 0 Å². The van der Waals surface area contributed by atoms with Gasteiger partial charge in [-0.1, -0.05) is 0 Å². The first-order valence-electron chi connectivity index (χ1n) is 6.04. The van der Waals surface area contributed by atoms with E-state index in [1.54, 1.807) is 12.5 Å². The number of aromatic nitrogens is 3. The quantitative estimate of drug-likeness (QED) is 0.596. The minimum absolute atomic E-state index is 0.0209. The van der Waals surface area contributed by atoms with Gasteiger partial charge in [0.2, 0.25) is 0 Å². The maximum absolute atomic E-state index is 10.7. The van der Waals surface area contributed by atoms with Gasteiger partial charge in [-0.2, -0.15) is 0 Å². The van der Waals surface area contributed by atoms with Gasteiger partial charge in [0.25, 0.3) is 5.69 Å². The minimum Gasteiger partial charge on any atom is -0.359 e. The van der Waals surface area contributed by atoms with Crippen LogP contribution in [0.1, 0.15) is 6.42 Å². The van der Waals surface area contributed by atoms with Crippen LogP contribution in [0.25, 0.3) is 0 Å². The lowest BCUT2D eigenvalue weighted by atomic mass is 10.3. The van der Waals surface area contributed by atoms with Gasteiger partial charge in [-0.15, -0.1) is 0 Å². The van der Waals surface area contributed by atoms with E-state index in [1.807, 2.05) is 22.7 Å². The number of nitro groups is 1. The second-order valence-corrected chi connectivity index (χ2v) is 5.19. The molecule has 0 saturated heterocycles. The zero-order valence-corrected chi connectivity index (χ0v) is 12.5. The molecule has 0 bridgehead atoms. The lowest BCUT2D eigenvalue weighted by Gasteiger charge is -2.19. The number of nitrogens with zero attached hydrogens (tertiary/aromatic N) is 5. The van der Waals surface area contributed by atoms with E-state index in [9.17, 15) is 10.1 Å². The van der Waals surface area contributed by atoms with E-state index in [1.165, 1.54) is 12.3 Å². The Morgan fingerprint density at radius 1 is 1.55 bits per heavy atom. The van der Waals surface area contributed by atoms with E-state index >= 15 is 0 Å². The van der Waals surface area contributed by atoms with Gasteiger partial charge in [-0.3, -0.25) is 10.1 Å². The van der Waals surface area contributed by atoms with E-state index in [0.29, 0.717) is 10.3 Å². The molecule has 0 spiro atoms. The first-order chi connectivity index (χ1) is 9.58. The summed E-state index contributed by atoms with van der Waals surface area (Å²) in [6.07, 6.45) is 7.64. The Kier molecular flexibility index (Phi) is 4.67. The van der Waals surface area contributed by atoms with Crippen molar-refractivity contribution in [1.82, 2.24) is 14.5 Å². The molecule has 106 valence electrons. The van der Waals surface area contributed by atoms with Crippen LogP contribution in [-0.2, 0) is 6.54 Å². The summed E-state index contributed by atoms with van der Waals surface area (Å²) in [5.74, 6) is 0.696. The lowest BCUT2D eigenvalue weighted by molar-refractivity contribution is -0.385. The molecule has 0 unspecified atom stereocenters. The Bertz CT molecular complexity index is 588. The summed E-state index contributed by atoms with van der Waals surface area (Å²) in [5, 5.41) is 10.7. The van der Waals surface area contributed by atoms with Crippen LogP contribution in [0.4, 0.5) is 11.5 Å². The van der Waals surface area contributed by atoms with Crippen LogP contribution >= 0.6 is 15.9 Å². The molecule has 7 nitrogen and oxygen atoms in total. The van der Waals surface area contributed by atoms with E-state index in [-0.39, 0.29) is 5.69 Å². The second-order valence-electron chi connectivity index (χ2n) is 4.33. The standard InChI is InChI=1S/C12H14BrN5O2/c1-16(4-2-5-17-6-3-14-9-17)12-11(13)7-10(8-15-12)18(19)20/h3,6-9H,2,4-5H2,1H3. The van der Waals surface area contributed by atoms with E-state index in [2.05, 4.69) is 25.9 Å². The molecular weight excluding hydrogens is 326 g/mol. The highest BCUT2D eigenvalue weighted by atomic mass is 79.9. The highest BCUT2D eigenvalue weighted by Crippen LogP contribution is 2.26. The van der Waals surface area contributed by atoms with Crippen LogP contribution in [0, 0.1) is 10.1 Å². The van der Waals surface area contributed by atoms with Gasteiger partial charge in [-0.25, -0.2) is 9.97 Å². The van der Waals surface area contributed by atoms with Crippen molar-refractivity contribution < 1.29 is 4.92 Å². The Morgan fingerprint density at radius 2 is 2.35 bits per heavy atom. The lowest BCUT2D eigenvalue weighted by Crippen LogP contribution is -2.21. The SMILES string of the molecule is CN(CCCn1ccnc1)c1ncc([N+](=O)[O-])cc1Br. The zero-order chi connectivity index (χ0) is 14.5. The number of hydrogen-bond acceptors (Lipinski definition) is 5. The Morgan fingerprint density at radius 3 is 2.95 bits per heavy atom. The zero-order valence-electron chi connectivity index (χ0n) is 10.9. The third-order valence-electron chi connectivity index (χ3n) is 2.85. The maximum atomic E-state index is 10.7. The van der Waals surface area contributed by atoms with Crippen molar-refractivity contribution in [2.45, 2.75) is 13.0 Å². The van der Waals surface area contributed by atoms with E-state index in [0.717, 1.165) is 19.5 Å². The van der Waals surface area contributed by atoms with Crippen molar-refractivity contribution >= 4 is 27.4 Å². The van der Waals surface area contributed by atoms with Crippen LogP contribution in [0.3, 0.4) is 0 Å². The summed E-state index contributed by atoms with van der Waals surface area (Å²) < 4.78 is 2.63. The van der Waals surface area contributed by atoms with Crippen molar-refractivity contribution in [2.24, 2.45) is 0 Å². The highest BCUT2D eigenvalue weighted by molar-refractivity contribution is 9.10. The number of rotatable bonds is 6. The molecule has 2 heterocycles. The molecule has 2 rings (SSSR count). The largest absolute Gasteiger partial charge is 0.359 e.